The molecule has 0 spiro atoms. The Kier molecular flexibility index (Phi) is 4.97. The van der Waals surface area contributed by atoms with E-state index in [9.17, 15) is 0 Å². The van der Waals surface area contributed by atoms with Crippen LogP contribution in [0.25, 0.3) is 0 Å². The molecule has 0 aliphatic rings. The van der Waals surface area contributed by atoms with Crippen molar-refractivity contribution in [2.45, 2.75) is 40.2 Å². The third-order valence-corrected chi connectivity index (χ3v) is 4.06. The maximum absolute atomic E-state index is 3.71. The highest BCUT2D eigenvalue weighted by atomic mass is 14.9. The maximum atomic E-state index is 3.71. The van der Waals surface area contributed by atoms with Gasteiger partial charge in [-0.25, -0.2) is 0 Å². The SMILES string of the molecule is CCCNC(c1ccccc1C)c1cccc(C)c1C. The van der Waals surface area contributed by atoms with Gasteiger partial charge in [0, 0.05) is 0 Å². The molecular weight excluding hydrogens is 242 g/mol. The minimum atomic E-state index is 0.288. The molecule has 1 heteroatoms. The van der Waals surface area contributed by atoms with Crippen LogP contribution in [0.5, 0.6) is 0 Å². The highest BCUT2D eigenvalue weighted by Crippen LogP contribution is 2.28. The molecule has 0 bridgehead atoms. The molecule has 0 saturated heterocycles. The molecule has 2 aromatic carbocycles. The van der Waals surface area contributed by atoms with Crippen molar-refractivity contribution in [3.05, 3.63) is 70.3 Å². The van der Waals surface area contributed by atoms with Crippen molar-refractivity contribution < 1.29 is 0 Å². The number of hydrogen-bond acceptors (Lipinski definition) is 1. The van der Waals surface area contributed by atoms with Gasteiger partial charge in [-0.1, -0.05) is 49.4 Å². The molecule has 0 aliphatic heterocycles. The van der Waals surface area contributed by atoms with Gasteiger partial charge in [-0.15, -0.1) is 0 Å². The molecule has 2 aromatic rings. The molecule has 1 atom stereocenters. The van der Waals surface area contributed by atoms with Gasteiger partial charge in [0.25, 0.3) is 0 Å². The standard InChI is InChI=1S/C19H25N/c1-5-13-20-19(17-11-7-6-9-15(17)3)18-12-8-10-14(2)16(18)4/h6-12,19-20H,5,13H2,1-4H3. The molecule has 20 heavy (non-hydrogen) atoms. The fraction of sp³-hybridized carbons (Fsp3) is 0.368. The van der Waals surface area contributed by atoms with Crippen LogP contribution in [0.3, 0.4) is 0 Å². The maximum Gasteiger partial charge on any atom is 0.0582 e. The second-order valence-electron chi connectivity index (χ2n) is 5.53. The smallest absolute Gasteiger partial charge is 0.0582 e. The fourth-order valence-corrected chi connectivity index (χ4v) is 2.67. The van der Waals surface area contributed by atoms with Crippen LogP contribution < -0.4 is 5.32 Å². The summed E-state index contributed by atoms with van der Waals surface area (Å²) in [5.74, 6) is 0. The first kappa shape index (κ1) is 14.8. The number of hydrogen-bond donors (Lipinski definition) is 1. The molecular formula is C19H25N. The van der Waals surface area contributed by atoms with E-state index in [2.05, 4.69) is 75.5 Å². The Hall–Kier alpha value is -1.60. The van der Waals surface area contributed by atoms with Gasteiger partial charge in [0.15, 0.2) is 0 Å². The predicted octanol–water partition coefficient (Wildman–Crippen LogP) is 4.70. The molecule has 0 fully saturated rings. The van der Waals surface area contributed by atoms with Gasteiger partial charge < -0.3 is 5.32 Å². The lowest BCUT2D eigenvalue weighted by atomic mass is 9.90. The summed E-state index contributed by atoms with van der Waals surface area (Å²) >= 11 is 0. The lowest BCUT2D eigenvalue weighted by molar-refractivity contribution is 0.593. The second-order valence-corrected chi connectivity index (χ2v) is 5.53. The molecule has 106 valence electrons. The van der Waals surface area contributed by atoms with Crippen LogP contribution in [0.1, 0.15) is 47.2 Å². The molecule has 2 rings (SSSR count). The van der Waals surface area contributed by atoms with E-state index in [4.69, 9.17) is 0 Å². The first-order valence-corrected chi connectivity index (χ1v) is 7.50. The van der Waals surface area contributed by atoms with Gasteiger partial charge in [0.2, 0.25) is 0 Å². The van der Waals surface area contributed by atoms with Gasteiger partial charge in [-0.2, -0.15) is 0 Å². The second kappa shape index (κ2) is 6.71. The minimum absolute atomic E-state index is 0.288. The molecule has 0 amide bonds. The summed E-state index contributed by atoms with van der Waals surface area (Å²) in [4.78, 5) is 0. The Morgan fingerprint density at radius 1 is 0.850 bits per heavy atom. The van der Waals surface area contributed by atoms with E-state index >= 15 is 0 Å². The number of rotatable bonds is 5. The summed E-state index contributed by atoms with van der Waals surface area (Å²) in [6.07, 6.45) is 1.15. The number of nitrogens with one attached hydrogen (secondary N) is 1. The van der Waals surface area contributed by atoms with E-state index in [1.165, 1.54) is 27.8 Å². The van der Waals surface area contributed by atoms with Gasteiger partial charge in [-0.05, 0) is 61.6 Å². The summed E-state index contributed by atoms with van der Waals surface area (Å²) in [7, 11) is 0. The van der Waals surface area contributed by atoms with Crippen LogP contribution in [-0.4, -0.2) is 6.54 Å². The summed E-state index contributed by atoms with van der Waals surface area (Å²) < 4.78 is 0. The Labute approximate surface area is 123 Å². The van der Waals surface area contributed by atoms with Crippen LogP contribution in [0.4, 0.5) is 0 Å². The molecule has 1 unspecified atom stereocenters. The highest BCUT2D eigenvalue weighted by Gasteiger charge is 2.17. The lowest BCUT2D eigenvalue weighted by Gasteiger charge is -2.24. The van der Waals surface area contributed by atoms with Crippen molar-refractivity contribution in [1.82, 2.24) is 5.32 Å². The Morgan fingerprint density at radius 2 is 1.50 bits per heavy atom. The third kappa shape index (κ3) is 3.10. The van der Waals surface area contributed by atoms with E-state index in [1.54, 1.807) is 0 Å². The Morgan fingerprint density at radius 3 is 2.20 bits per heavy atom. The molecule has 0 radical (unpaired) electrons. The van der Waals surface area contributed by atoms with Gasteiger partial charge in [-0.3, -0.25) is 0 Å². The summed E-state index contributed by atoms with van der Waals surface area (Å²) in [5, 5.41) is 3.71. The van der Waals surface area contributed by atoms with Crippen molar-refractivity contribution >= 4 is 0 Å². The van der Waals surface area contributed by atoms with E-state index in [0.29, 0.717) is 0 Å². The van der Waals surface area contributed by atoms with Gasteiger partial charge >= 0.3 is 0 Å². The zero-order valence-corrected chi connectivity index (χ0v) is 13.0. The van der Waals surface area contributed by atoms with E-state index in [0.717, 1.165) is 13.0 Å². The van der Waals surface area contributed by atoms with Crippen LogP contribution in [0.15, 0.2) is 42.5 Å². The first-order chi connectivity index (χ1) is 9.65. The van der Waals surface area contributed by atoms with E-state index in [1.807, 2.05) is 0 Å². The van der Waals surface area contributed by atoms with Crippen LogP contribution in [0, 0.1) is 20.8 Å². The zero-order chi connectivity index (χ0) is 14.5. The fourth-order valence-electron chi connectivity index (χ4n) is 2.67. The third-order valence-electron chi connectivity index (χ3n) is 4.06. The van der Waals surface area contributed by atoms with Crippen LogP contribution in [0.2, 0.25) is 0 Å². The predicted molar refractivity (Wildman–Crippen MR) is 87.2 cm³/mol. The van der Waals surface area contributed by atoms with Crippen LogP contribution >= 0.6 is 0 Å². The molecule has 0 saturated carbocycles. The number of aryl methyl sites for hydroxylation is 2. The van der Waals surface area contributed by atoms with Gasteiger partial charge in [0.05, 0.1) is 6.04 Å². The van der Waals surface area contributed by atoms with Crippen molar-refractivity contribution in [2.24, 2.45) is 0 Å². The summed E-state index contributed by atoms with van der Waals surface area (Å²) in [5.41, 5.74) is 6.88. The first-order valence-electron chi connectivity index (χ1n) is 7.50. The summed E-state index contributed by atoms with van der Waals surface area (Å²) in [6.45, 7) is 9.86. The Balaban J connectivity index is 2.47. The van der Waals surface area contributed by atoms with E-state index in [-0.39, 0.29) is 6.04 Å². The largest absolute Gasteiger partial charge is 0.306 e. The van der Waals surface area contributed by atoms with Crippen molar-refractivity contribution in [2.75, 3.05) is 6.54 Å². The van der Waals surface area contributed by atoms with Crippen molar-refractivity contribution in [3.63, 3.8) is 0 Å². The molecule has 0 aromatic heterocycles. The minimum Gasteiger partial charge on any atom is -0.306 e. The summed E-state index contributed by atoms with van der Waals surface area (Å²) in [6, 6.07) is 15.6. The highest BCUT2D eigenvalue weighted by molar-refractivity contribution is 5.42. The lowest BCUT2D eigenvalue weighted by Crippen LogP contribution is -2.24. The van der Waals surface area contributed by atoms with Gasteiger partial charge in [0.1, 0.15) is 0 Å². The number of benzene rings is 2. The van der Waals surface area contributed by atoms with Crippen molar-refractivity contribution in [1.29, 1.82) is 0 Å². The average molecular weight is 267 g/mol. The molecule has 1 N–H and O–H groups in total. The monoisotopic (exact) mass is 267 g/mol. The van der Waals surface area contributed by atoms with Crippen LogP contribution in [-0.2, 0) is 0 Å². The van der Waals surface area contributed by atoms with Crippen molar-refractivity contribution in [3.8, 4) is 0 Å². The normalized spacial score (nSPS) is 12.4. The molecule has 0 aliphatic carbocycles. The molecule has 0 heterocycles. The molecule has 1 nitrogen and oxygen atoms in total. The Bertz CT molecular complexity index is 572. The topological polar surface area (TPSA) is 12.0 Å². The average Bonchev–Trinajstić information content (AvgIpc) is 2.45. The zero-order valence-electron chi connectivity index (χ0n) is 13.0. The van der Waals surface area contributed by atoms with E-state index < -0.39 is 0 Å². The quantitative estimate of drug-likeness (QED) is 0.828.